The van der Waals surface area contributed by atoms with Crippen LogP contribution in [0.2, 0.25) is 0 Å². The number of hydrazine groups is 1. The number of hydrogen-bond donors (Lipinski definition) is 1. The number of nitrogens with one attached hydrogen (secondary N) is 1. The Labute approximate surface area is 108 Å². The second kappa shape index (κ2) is 6.19. The van der Waals surface area contributed by atoms with Crippen LogP contribution in [0.15, 0.2) is 0 Å². The molecule has 0 aromatic carbocycles. The van der Waals surface area contributed by atoms with E-state index in [2.05, 4.69) is 45.1 Å². The largest absolute Gasteiger partial charge is 0.254 e. The van der Waals surface area contributed by atoms with Gasteiger partial charge in [-0.15, -0.1) is 0 Å². The Morgan fingerprint density at radius 1 is 0.941 bits per heavy atom. The molecule has 0 unspecified atom stereocenters. The Hall–Kier alpha value is -0.0800. The second-order valence-electron chi connectivity index (χ2n) is 6.78. The molecular weight excluding hydrogens is 208 g/mol. The van der Waals surface area contributed by atoms with E-state index in [-0.39, 0.29) is 0 Å². The van der Waals surface area contributed by atoms with Crippen molar-refractivity contribution >= 4 is 0 Å². The zero-order chi connectivity index (χ0) is 12.9. The average molecular weight is 240 g/mol. The maximum absolute atomic E-state index is 3.69. The fraction of sp³-hybridized carbons (Fsp3) is 1.00. The molecule has 2 heteroatoms. The van der Waals surface area contributed by atoms with Gasteiger partial charge < -0.3 is 0 Å². The van der Waals surface area contributed by atoms with Gasteiger partial charge in [-0.2, -0.15) is 0 Å². The van der Waals surface area contributed by atoms with Crippen molar-refractivity contribution in [3.8, 4) is 0 Å². The van der Waals surface area contributed by atoms with Gasteiger partial charge in [-0.3, -0.25) is 5.43 Å². The molecular formula is C15H32N2. The summed E-state index contributed by atoms with van der Waals surface area (Å²) in [5, 5.41) is 2.52. The van der Waals surface area contributed by atoms with Gasteiger partial charge in [0, 0.05) is 17.6 Å². The van der Waals surface area contributed by atoms with Crippen molar-refractivity contribution in [2.24, 2.45) is 0 Å². The van der Waals surface area contributed by atoms with Crippen LogP contribution in [-0.2, 0) is 0 Å². The highest BCUT2D eigenvalue weighted by molar-refractivity contribution is 4.94. The first-order valence-corrected chi connectivity index (χ1v) is 7.44. The van der Waals surface area contributed by atoms with Gasteiger partial charge in [-0.05, 0) is 53.4 Å². The van der Waals surface area contributed by atoms with E-state index in [9.17, 15) is 0 Å². The third kappa shape index (κ3) is 4.26. The lowest BCUT2D eigenvalue weighted by molar-refractivity contribution is -0.0701. The van der Waals surface area contributed by atoms with Crippen molar-refractivity contribution in [3.05, 3.63) is 0 Å². The van der Waals surface area contributed by atoms with Crippen LogP contribution in [0, 0.1) is 0 Å². The average Bonchev–Trinajstić information content (AvgIpc) is 2.20. The highest BCUT2D eigenvalue weighted by Crippen LogP contribution is 2.36. The van der Waals surface area contributed by atoms with Gasteiger partial charge in [0.1, 0.15) is 0 Å². The van der Waals surface area contributed by atoms with Crippen LogP contribution in [0.1, 0.15) is 79.6 Å². The van der Waals surface area contributed by atoms with Crippen molar-refractivity contribution in [2.75, 3.05) is 6.54 Å². The molecule has 0 aromatic heterocycles. The van der Waals surface area contributed by atoms with Crippen LogP contribution in [0.3, 0.4) is 0 Å². The molecule has 0 atom stereocenters. The first-order valence-electron chi connectivity index (χ1n) is 7.44. The van der Waals surface area contributed by atoms with Crippen LogP contribution >= 0.6 is 0 Å². The quantitative estimate of drug-likeness (QED) is 0.703. The first-order chi connectivity index (χ1) is 7.90. The minimum atomic E-state index is 0.298. The fourth-order valence-electron chi connectivity index (χ4n) is 3.17. The molecule has 0 amide bonds. The molecule has 0 saturated carbocycles. The van der Waals surface area contributed by atoms with E-state index < -0.39 is 0 Å². The summed E-state index contributed by atoms with van der Waals surface area (Å²) < 4.78 is 0. The molecule has 1 N–H and O–H groups in total. The summed E-state index contributed by atoms with van der Waals surface area (Å²) in [6, 6.07) is 0. The molecule has 1 aliphatic heterocycles. The van der Waals surface area contributed by atoms with Gasteiger partial charge in [0.25, 0.3) is 0 Å². The molecule has 2 nitrogen and oxygen atoms in total. The number of rotatable bonds is 6. The van der Waals surface area contributed by atoms with Gasteiger partial charge in [-0.25, -0.2) is 5.01 Å². The Morgan fingerprint density at radius 3 is 2.06 bits per heavy atom. The Kier molecular flexibility index (Phi) is 5.46. The number of nitrogens with zero attached hydrogens (tertiary/aromatic N) is 1. The predicted molar refractivity (Wildman–Crippen MR) is 76.0 cm³/mol. The van der Waals surface area contributed by atoms with Crippen LogP contribution in [0.5, 0.6) is 0 Å². The predicted octanol–water partition coefficient (Wildman–Crippen LogP) is 4.11. The second-order valence-corrected chi connectivity index (χ2v) is 6.78. The molecule has 0 aromatic rings. The van der Waals surface area contributed by atoms with Crippen molar-refractivity contribution in [2.45, 2.75) is 90.6 Å². The van der Waals surface area contributed by atoms with Gasteiger partial charge in [-0.1, -0.05) is 26.2 Å². The molecule has 17 heavy (non-hydrogen) atoms. The third-order valence-electron chi connectivity index (χ3n) is 4.09. The smallest absolute Gasteiger partial charge is 0.0304 e. The third-order valence-corrected chi connectivity index (χ3v) is 4.09. The summed E-state index contributed by atoms with van der Waals surface area (Å²) in [5.74, 6) is 0. The molecule has 1 fully saturated rings. The zero-order valence-corrected chi connectivity index (χ0v) is 12.6. The van der Waals surface area contributed by atoms with Gasteiger partial charge >= 0.3 is 0 Å². The summed E-state index contributed by atoms with van der Waals surface area (Å²) in [5.41, 5.74) is 4.29. The van der Waals surface area contributed by atoms with Gasteiger partial charge in [0.15, 0.2) is 0 Å². The summed E-state index contributed by atoms with van der Waals surface area (Å²) in [4.78, 5) is 0. The summed E-state index contributed by atoms with van der Waals surface area (Å²) in [6.45, 7) is 12.9. The molecule has 0 spiro atoms. The minimum absolute atomic E-state index is 0.298. The Morgan fingerprint density at radius 2 is 1.53 bits per heavy atom. The molecule has 1 saturated heterocycles. The first kappa shape index (κ1) is 15.0. The highest BCUT2D eigenvalue weighted by Gasteiger charge is 2.40. The molecule has 0 aliphatic carbocycles. The van der Waals surface area contributed by atoms with E-state index in [4.69, 9.17) is 0 Å². The molecule has 0 bridgehead atoms. The maximum atomic E-state index is 3.69. The number of piperidine rings is 1. The Balaban J connectivity index is 2.41. The Bertz CT molecular complexity index is 205. The van der Waals surface area contributed by atoms with Crippen molar-refractivity contribution in [1.29, 1.82) is 0 Å². The fourth-order valence-corrected chi connectivity index (χ4v) is 3.17. The van der Waals surface area contributed by atoms with Crippen LogP contribution in [0.25, 0.3) is 0 Å². The summed E-state index contributed by atoms with van der Waals surface area (Å²) in [6.07, 6.45) is 9.31. The monoisotopic (exact) mass is 240 g/mol. The van der Waals surface area contributed by atoms with Gasteiger partial charge in [0.2, 0.25) is 0 Å². The molecule has 1 heterocycles. The van der Waals surface area contributed by atoms with E-state index in [0.717, 1.165) is 6.54 Å². The SMILES string of the molecule is CCCCCCNN1C(C)(C)CCCC1(C)C. The summed E-state index contributed by atoms with van der Waals surface area (Å²) in [7, 11) is 0. The lowest BCUT2D eigenvalue weighted by Crippen LogP contribution is -2.64. The van der Waals surface area contributed by atoms with E-state index in [1.807, 2.05) is 0 Å². The maximum Gasteiger partial charge on any atom is 0.0304 e. The van der Waals surface area contributed by atoms with Crippen molar-refractivity contribution in [1.82, 2.24) is 10.4 Å². The van der Waals surface area contributed by atoms with Crippen LogP contribution < -0.4 is 5.43 Å². The van der Waals surface area contributed by atoms with E-state index in [1.165, 1.54) is 44.9 Å². The van der Waals surface area contributed by atoms with Crippen LogP contribution in [0.4, 0.5) is 0 Å². The zero-order valence-electron chi connectivity index (χ0n) is 12.6. The number of unbranched alkanes of at least 4 members (excludes halogenated alkanes) is 3. The summed E-state index contributed by atoms with van der Waals surface area (Å²) >= 11 is 0. The lowest BCUT2D eigenvalue weighted by Gasteiger charge is -2.52. The van der Waals surface area contributed by atoms with Crippen molar-refractivity contribution in [3.63, 3.8) is 0 Å². The van der Waals surface area contributed by atoms with Gasteiger partial charge in [0.05, 0.1) is 0 Å². The molecule has 1 rings (SSSR count). The lowest BCUT2D eigenvalue weighted by atomic mass is 9.81. The van der Waals surface area contributed by atoms with E-state index in [0.29, 0.717) is 11.1 Å². The molecule has 102 valence electrons. The normalized spacial score (nSPS) is 23.8. The number of hydrogen-bond acceptors (Lipinski definition) is 2. The van der Waals surface area contributed by atoms with E-state index >= 15 is 0 Å². The molecule has 0 radical (unpaired) electrons. The topological polar surface area (TPSA) is 15.3 Å². The van der Waals surface area contributed by atoms with Crippen LogP contribution in [-0.4, -0.2) is 22.6 Å². The van der Waals surface area contributed by atoms with E-state index in [1.54, 1.807) is 0 Å². The highest BCUT2D eigenvalue weighted by atomic mass is 15.6. The standard InChI is InChI=1S/C15H32N2/c1-6-7-8-9-13-16-17-14(2,3)11-10-12-15(17,4)5/h16H,6-13H2,1-5H3. The minimum Gasteiger partial charge on any atom is -0.254 e. The molecule has 1 aliphatic rings. The van der Waals surface area contributed by atoms with Crippen molar-refractivity contribution < 1.29 is 0 Å².